The summed E-state index contributed by atoms with van der Waals surface area (Å²) in [6, 6.07) is 9.02. The van der Waals surface area contributed by atoms with Crippen LogP contribution in [-0.2, 0) is 4.79 Å². The van der Waals surface area contributed by atoms with E-state index in [0.29, 0.717) is 22.0 Å². The third kappa shape index (κ3) is 2.04. The molecule has 0 aliphatic carbocycles. The van der Waals surface area contributed by atoms with Crippen LogP contribution in [0.2, 0.25) is 5.02 Å². The normalized spacial score (nSPS) is 16.9. The Morgan fingerprint density at radius 2 is 2.14 bits per heavy atom. The number of allylic oxidation sites excluding steroid dienone is 1. The molecule has 0 amide bonds. The molecule has 7 heteroatoms. The Bertz CT molecular complexity index is 803. The van der Waals surface area contributed by atoms with Crippen LogP contribution in [0, 0.1) is 11.3 Å². The molecule has 3 N–H and O–H groups in total. The van der Waals surface area contributed by atoms with Gasteiger partial charge in [-0.15, -0.1) is 0 Å². The highest BCUT2D eigenvalue weighted by molar-refractivity contribution is 6.31. The van der Waals surface area contributed by atoms with Crippen molar-refractivity contribution in [2.75, 3.05) is 5.32 Å². The number of aromatic amines is 1. The summed E-state index contributed by atoms with van der Waals surface area (Å²) < 4.78 is 0. The molecule has 1 aromatic carbocycles. The van der Waals surface area contributed by atoms with Gasteiger partial charge in [-0.1, -0.05) is 29.8 Å². The predicted molar refractivity (Wildman–Crippen MR) is 75.8 cm³/mol. The van der Waals surface area contributed by atoms with Crippen LogP contribution in [0.15, 0.2) is 41.7 Å². The Morgan fingerprint density at radius 1 is 1.38 bits per heavy atom. The maximum absolute atomic E-state index is 11.4. The van der Waals surface area contributed by atoms with Crippen LogP contribution in [0.4, 0.5) is 5.82 Å². The average molecular weight is 301 g/mol. The fourth-order valence-electron chi connectivity index (χ4n) is 2.43. The largest absolute Gasteiger partial charge is 0.477 e. The first-order valence-electron chi connectivity index (χ1n) is 6.05. The number of anilines is 1. The van der Waals surface area contributed by atoms with E-state index in [9.17, 15) is 15.2 Å². The number of nitriles is 1. The molecule has 1 unspecified atom stereocenters. The van der Waals surface area contributed by atoms with Crippen LogP contribution in [-0.4, -0.2) is 21.3 Å². The summed E-state index contributed by atoms with van der Waals surface area (Å²) in [6.45, 7) is 0. The number of carboxylic acids is 1. The molecule has 1 aliphatic heterocycles. The molecular weight excluding hydrogens is 292 g/mol. The van der Waals surface area contributed by atoms with Crippen molar-refractivity contribution >= 4 is 23.4 Å². The smallest absolute Gasteiger partial charge is 0.353 e. The lowest BCUT2D eigenvalue weighted by atomic mass is 9.83. The van der Waals surface area contributed by atoms with E-state index < -0.39 is 11.9 Å². The molecule has 104 valence electrons. The number of fused-ring (bicyclic) bond motifs is 1. The summed E-state index contributed by atoms with van der Waals surface area (Å²) >= 11 is 6.21. The Hall–Kier alpha value is -2.78. The van der Waals surface area contributed by atoms with E-state index in [2.05, 4.69) is 15.5 Å². The predicted octanol–water partition coefficient (Wildman–Crippen LogP) is 2.48. The van der Waals surface area contributed by atoms with Gasteiger partial charge in [-0.2, -0.15) is 10.4 Å². The fraction of sp³-hybridized carbons (Fsp3) is 0.0714. The highest BCUT2D eigenvalue weighted by Crippen LogP contribution is 2.42. The number of rotatable bonds is 2. The number of H-pyrrole nitrogens is 1. The first-order valence-corrected chi connectivity index (χ1v) is 6.43. The quantitative estimate of drug-likeness (QED) is 0.791. The number of nitrogens with one attached hydrogen (secondary N) is 2. The first-order chi connectivity index (χ1) is 10.1. The van der Waals surface area contributed by atoms with Gasteiger partial charge in [-0.3, -0.25) is 5.10 Å². The van der Waals surface area contributed by atoms with Gasteiger partial charge in [0.05, 0.1) is 23.8 Å². The van der Waals surface area contributed by atoms with Crippen LogP contribution in [0.5, 0.6) is 0 Å². The number of carboxylic acid groups (broad SMARTS) is 1. The maximum atomic E-state index is 11.4. The number of benzene rings is 1. The Kier molecular flexibility index (Phi) is 3.12. The molecule has 1 atom stereocenters. The van der Waals surface area contributed by atoms with Crippen molar-refractivity contribution in [2.24, 2.45) is 0 Å². The van der Waals surface area contributed by atoms with Gasteiger partial charge in [0, 0.05) is 10.6 Å². The van der Waals surface area contributed by atoms with Gasteiger partial charge in [0.2, 0.25) is 0 Å². The molecule has 3 rings (SSSR count). The Morgan fingerprint density at radius 3 is 2.81 bits per heavy atom. The van der Waals surface area contributed by atoms with Crippen molar-refractivity contribution in [3.63, 3.8) is 0 Å². The van der Waals surface area contributed by atoms with Gasteiger partial charge < -0.3 is 10.4 Å². The molecule has 0 saturated carbocycles. The lowest BCUT2D eigenvalue weighted by Crippen LogP contribution is -2.22. The summed E-state index contributed by atoms with van der Waals surface area (Å²) in [7, 11) is 0. The molecule has 0 saturated heterocycles. The molecule has 1 aliphatic rings. The van der Waals surface area contributed by atoms with Crippen molar-refractivity contribution in [2.45, 2.75) is 5.92 Å². The number of nitrogens with zero attached hydrogens (tertiary/aromatic N) is 2. The van der Waals surface area contributed by atoms with E-state index >= 15 is 0 Å². The van der Waals surface area contributed by atoms with Gasteiger partial charge in [-0.25, -0.2) is 4.79 Å². The van der Waals surface area contributed by atoms with Crippen molar-refractivity contribution in [1.82, 2.24) is 10.2 Å². The number of halogens is 1. The zero-order valence-corrected chi connectivity index (χ0v) is 11.3. The van der Waals surface area contributed by atoms with E-state index in [1.807, 2.05) is 6.07 Å². The van der Waals surface area contributed by atoms with Crippen LogP contribution in [0.1, 0.15) is 17.0 Å². The summed E-state index contributed by atoms with van der Waals surface area (Å²) in [5.41, 5.74) is 1.28. The second-order valence-corrected chi connectivity index (χ2v) is 4.89. The van der Waals surface area contributed by atoms with Crippen LogP contribution >= 0.6 is 11.6 Å². The molecule has 0 fully saturated rings. The third-order valence-corrected chi connectivity index (χ3v) is 3.68. The first kappa shape index (κ1) is 13.2. The van der Waals surface area contributed by atoms with E-state index in [1.165, 1.54) is 0 Å². The second kappa shape index (κ2) is 4.96. The van der Waals surface area contributed by atoms with E-state index in [1.54, 1.807) is 30.5 Å². The monoisotopic (exact) mass is 300 g/mol. The van der Waals surface area contributed by atoms with Gasteiger partial charge in [0.25, 0.3) is 0 Å². The van der Waals surface area contributed by atoms with Crippen molar-refractivity contribution in [3.05, 3.63) is 57.9 Å². The summed E-state index contributed by atoms with van der Waals surface area (Å²) in [6.07, 6.45) is 1.56. The number of aromatic nitrogens is 2. The fourth-order valence-corrected chi connectivity index (χ4v) is 2.67. The van der Waals surface area contributed by atoms with Crippen molar-refractivity contribution < 1.29 is 9.90 Å². The van der Waals surface area contributed by atoms with Crippen molar-refractivity contribution in [3.8, 4) is 6.07 Å². The van der Waals surface area contributed by atoms with Crippen molar-refractivity contribution in [1.29, 1.82) is 5.26 Å². The molecule has 21 heavy (non-hydrogen) atoms. The topological polar surface area (TPSA) is 102 Å². The minimum atomic E-state index is -1.20. The molecule has 1 aromatic heterocycles. The maximum Gasteiger partial charge on any atom is 0.353 e. The van der Waals surface area contributed by atoms with E-state index in [0.717, 1.165) is 0 Å². The summed E-state index contributed by atoms with van der Waals surface area (Å²) in [5.74, 6) is -1.31. The highest BCUT2D eigenvalue weighted by atomic mass is 35.5. The number of aliphatic carboxylic acids is 1. The van der Waals surface area contributed by atoms with Gasteiger partial charge in [0.15, 0.2) is 0 Å². The molecular formula is C14H9ClN4O2. The van der Waals surface area contributed by atoms with Crippen LogP contribution < -0.4 is 5.32 Å². The molecule has 0 radical (unpaired) electrons. The average Bonchev–Trinajstić information content (AvgIpc) is 2.94. The lowest BCUT2D eigenvalue weighted by Gasteiger charge is -2.25. The zero-order valence-electron chi connectivity index (χ0n) is 10.6. The molecule has 6 nitrogen and oxygen atoms in total. The standard InChI is InChI=1S/C14H9ClN4O2/c15-10-4-2-1-3-7(10)11-8(5-16)12(14(20)21)18-13-9(11)6-17-19-13/h1-4,6,11H,(H,20,21)(H2,17,18,19). The summed E-state index contributed by atoms with van der Waals surface area (Å²) in [4.78, 5) is 11.4. The lowest BCUT2D eigenvalue weighted by molar-refractivity contribution is -0.132. The van der Waals surface area contributed by atoms with Crippen LogP contribution in [0.3, 0.4) is 0 Å². The van der Waals surface area contributed by atoms with Gasteiger partial charge >= 0.3 is 5.97 Å². The summed E-state index contributed by atoms with van der Waals surface area (Å²) in [5, 5.41) is 28.5. The SMILES string of the molecule is N#CC1=C(C(=O)O)Nc2[nH]ncc2C1c1ccccc1Cl. The molecule has 0 spiro atoms. The van der Waals surface area contributed by atoms with Crippen LogP contribution in [0.25, 0.3) is 0 Å². The van der Waals surface area contributed by atoms with E-state index in [-0.39, 0.29) is 11.3 Å². The minimum Gasteiger partial charge on any atom is -0.477 e. The minimum absolute atomic E-state index is 0.101. The number of hydrogen-bond acceptors (Lipinski definition) is 4. The second-order valence-electron chi connectivity index (χ2n) is 4.49. The molecule has 2 aromatic rings. The zero-order chi connectivity index (χ0) is 15.0. The third-order valence-electron chi connectivity index (χ3n) is 3.34. The Balaban J connectivity index is 2.28. The highest BCUT2D eigenvalue weighted by Gasteiger charge is 2.34. The number of hydrogen-bond donors (Lipinski definition) is 3. The molecule has 2 heterocycles. The van der Waals surface area contributed by atoms with Gasteiger partial charge in [0.1, 0.15) is 11.5 Å². The van der Waals surface area contributed by atoms with E-state index in [4.69, 9.17) is 11.6 Å². The van der Waals surface area contributed by atoms with Gasteiger partial charge in [-0.05, 0) is 11.6 Å². The number of carbonyl (C=O) groups is 1. The molecule has 0 bridgehead atoms. The Labute approximate surface area is 124 Å².